The first kappa shape index (κ1) is 52.6. The van der Waals surface area contributed by atoms with Crippen LogP contribution in [-0.4, -0.2) is 24.1 Å². The summed E-state index contributed by atoms with van der Waals surface area (Å²) < 4.78 is 4.80. The number of nitrogens with zero attached hydrogens (tertiary/aromatic N) is 5. The summed E-state index contributed by atoms with van der Waals surface area (Å²) in [6.07, 6.45) is 0. The molecule has 0 N–H and O–H groups in total. The van der Waals surface area contributed by atoms with E-state index in [2.05, 4.69) is 331 Å². The molecule has 5 nitrogen and oxygen atoms in total. The third kappa shape index (κ3) is 8.17. The van der Waals surface area contributed by atoms with Crippen molar-refractivity contribution in [1.82, 2.24) is 24.1 Å². The van der Waals surface area contributed by atoms with Crippen molar-refractivity contribution in [2.45, 2.75) is 5.41 Å². The van der Waals surface area contributed by atoms with Crippen molar-refractivity contribution in [3.05, 3.63) is 356 Å². The summed E-state index contributed by atoms with van der Waals surface area (Å²) >= 11 is 0. The summed E-state index contributed by atoms with van der Waals surface area (Å²) in [5.74, 6) is 1.76. The van der Waals surface area contributed by atoms with Crippen LogP contribution in [0.5, 0.6) is 0 Å². The minimum Gasteiger partial charge on any atom is -0.309 e. The van der Waals surface area contributed by atoms with E-state index in [4.69, 9.17) is 15.0 Å². The minimum atomic E-state index is -0.698. The fourth-order valence-electron chi connectivity index (χ4n) is 15.4. The standard InChI is InChI=1S/C88H55N5/c1-7-23-56(24-8-1)64-39-43-69-70-44-40-65(57-25-9-2-10-26-57)55-79(70)88(78(69)54-64)76-37-21-19-36-73(76)83-77(88)46-45-72-75-53-63(42-48-82(75)93(84(72)83)87-90-85(60-31-15-5-16-32-60)89-86(91-87)61-33-17-6-18-34-61)62-41-47-81-74(52-62)71-35-20-22-38-80(71)92(81)68-50-66(58-27-11-3-12-28-58)49-67(51-68)59-29-13-4-14-30-59/h1-55H. The largest absolute Gasteiger partial charge is 0.309 e. The normalized spacial score (nSPS) is 12.6. The molecule has 19 rings (SSSR count). The lowest BCUT2D eigenvalue weighted by atomic mass is 9.70. The highest BCUT2D eigenvalue weighted by Gasteiger charge is 2.53. The Morgan fingerprint density at radius 3 is 1.18 bits per heavy atom. The highest BCUT2D eigenvalue weighted by molar-refractivity contribution is 6.18. The van der Waals surface area contributed by atoms with E-state index in [1.165, 1.54) is 99.8 Å². The Balaban J connectivity index is 0.874. The zero-order valence-electron chi connectivity index (χ0n) is 50.5. The van der Waals surface area contributed by atoms with Crippen LogP contribution in [0.1, 0.15) is 22.3 Å². The number of aromatic nitrogens is 5. The van der Waals surface area contributed by atoms with Crippen LogP contribution in [0.3, 0.4) is 0 Å². The molecule has 0 aliphatic heterocycles. The van der Waals surface area contributed by atoms with Gasteiger partial charge in [-0.3, -0.25) is 4.57 Å². The number of rotatable bonds is 9. The van der Waals surface area contributed by atoms with Crippen LogP contribution in [0.4, 0.5) is 0 Å². The van der Waals surface area contributed by atoms with Crippen LogP contribution in [0.15, 0.2) is 334 Å². The van der Waals surface area contributed by atoms with Gasteiger partial charge in [0.2, 0.25) is 5.95 Å². The fourth-order valence-corrected chi connectivity index (χ4v) is 15.4. The van der Waals surface area contributed by atoms with E-state index in [1.54, 1.807) is 0 Å². The maximum atomic E-state index is 5.56. The molecule has 14 aromatic carbocycles. The van der Waals surface area contributed by atoms with Crippen LogP contribution >= 0.6 is 0 Å². The van der Waals surface area contributed by atoms with Crippen LogP contribution in [0.25, 0.3) is 156 Å². The lowest BCUT2D eigenvalue weighted by Crippen LogP contribution is -2.26. The average Bonchev–Trinajstić information content (AvgIpc) is 1.50. The van der Waals surface area contributed by atoms with Crippen molar-refractivity contribution in [1.29, 1.82) is 0 Å². The maximum Gasteiger partial charge on any atom is 0.238 e. The van der Waals surface area contributed by atoms with Crippen LogP contribution in [-0.2, 0) is 5.41 Å². The third-order valence-corrected chi connectivity index (χ3v) is 19.6. The molecular formula is C88H55N5. The van der Waals surface area contributed by atoms with Gasteiger partial charge in [-0.2, -0.15) is 9.97 Å². The van der Waals surface area contributed by atoms with E-state index in [0.717, 1.165) is 60.8 Å². The second-order valence-electron chi connectivity index (χ2n) is 24.6. The summed E-state index contributed by atoms with van der Waals surface area (Å²) in [6.45, 7) is 0. The zero-order chi connectivity index (χ0) is 61.1. The van der Waals surface area contributed by atoms with E-state index >= 15 is 0 Å². The van der Waals surface area contributed by atoms with Gasteiger partial charge in [-0.1, -0.05) is 273 Å². The van der Waals surface area contributed by atoms with E-state index in [-0.39, 0.29) is 0 Å². The molecule has 93 heavy (non-hydrogen) atoms. The number of para-hydroxylation sites is 1. The molecule has 5 heteroatoms. The Bertz CT molecular complexity index is 5630. The van der Waals surface area contributed by atoms with Gasteiger partial charge in [-0.05, 0) is 155 Å². The Morgan fingerprint density at radius 2 is 0.645 bits per heavy atom. The Hall–Kier alpha value is -12.3. The van der Waals surface area contributed by atoms with Gasteiger partial charge in [-0.25, -0.2) is 4.98 Å². The van der Waals surface area contributed by atoms with Crippen molar-refractivity contribution in [2.24, 2.45) is 0 Å². The highest BCUT2D eigenvalue weighted by Crippen LogP contribution is 2.65. The Morgan fingerprint density at radius 1 is 0.226 bits per heavy atom. The monoisotopic (exact) mass is 1180 g/mol. The van der Waals surface area contributed by atoms with Crippen molar-refractivity contribution in [3.63, 3.8) is 0 Å². The topological polar surface area (TPSA) is 48.5 Å². The number of hydrogen-bond donors (Lipinski definition) is 0. The molecule has 0 saturated heterocycles. The first-order valence-electron chi connectivity index (χ1n) is 31.9. The molecule has 0 bridgehead atoms. The van der Waals surface area contributed by atoms with Crippen molar-refractivity contribution in [3.8, 4) is 112 Å². The predicted octanol–water partition coefficient (Wildman–Crippen LogP) is 22.1. The van der Waals surface area contributed by atoms with Crippen molar-refractivity contribution in [2.75, 3.05) is 0 Å². The third-order valence-electron chi connectivity index (χ3n) is 19.6. The molecule has 0 amide bonds. The average molecular weight is 1180 g/mol. The molecule has 0 atom stereocenters. The minimum absolute atomic E-state index is 0.549. The van der Waals surface area contributed by atoms with Gasteiger partial charge >= 0.3 is 0 Å². The van der Waals surface area contributed by atoms with Gasteiger partial charge in [0.25, 0.3) is 0 Å². The lowest BCUT2D eigenvalue weighted by molar-refractivity contribution is 0.794. The van der Waals surface area contributed by atoms with E-state index < -0.39 is 5.41 Å². The van der Waals surface area contributed by atoms with Crippen LogP contribution in [0, 0.1) is 0 Å². The second-order valence-corrected chi connectivity index (χ2v) is 24.6. The molecule has 2 aliphatic carbocycles. The summed E-state index contributed by atoms with van der Waals surface area (Å²) in [6, 6.07) is 122. The van der Waals surface area contributed by atoms with Gasteiger partial charge in [0, 0.05) is 43.9 Å². The number of hydrogen-bond acceptors (Lipinski definition) is 3. The Labute approximate surface area is 538 Å². The molecule has 0 unspecified atom stereocenters. The van der Waals surface area contributed by atoms with Gasteiger partial charge in [-0.15, -0.1) is 0 Å². The van der Waals surface area contributed by atoms with Gasteiger partial charge in [0.05, 0.1) is 27.5 Å². The highest BCUT2D eigenvalue weighted by atomic mass is 15.2. The van der Waals surface area contributed by atoms with E-state index in [1.807, 2.05) is 12.1 Å². The predicted molar refractivity (Wildman–Crippen MR) is 383 cm³/mol. The lowest BCUT2D eigenvalue weighted by Gasteiger charge is -2.31. The van der Waals surface area contributed by atoms with Crippen LogP contribution in [0.2, 0.25) is 0 Å². The second kappa shape index (κ2) is 20.9. The fraction of sp³-hybridized carbons (Fsp3) is 0.0114. The Kier molecular flexibility index (Phi) is 11.8. The molecule has 2 aliphatic rings. The maximum absolute atomic E-state index is 5.56. The summed E-state index contributed by atoms with van der Waals surface area (Å²) in [7, 11) is 0. The van der Waals surface area contributed by atoms with E-state index in [0.29, 0.717) is 17.6 Å². The molecule has 432 valence electrons. The molecular weight excluding hydrogens is 1130 g/mol. The smallest absolute Gasteiger partial charge is 0.238 e. The van der Waals surface area contributed by atoms with Gasteiger partial charge in [0.15, 0.2) is 11.6 Å². The SMILES string of the molecule is c1ccc(-c2cc(-c3ccccc3)cc(-n3c4ccccc4c4cc(-c5ccc6c(c5)c5ccc7c(c5n6-c5nc(-c6ccccc6)nc(-c6ccccc6)n5)-c5ccccc5C75c6cc(-c7ccccc7)ccc6-c6ccc(-c7ccccc7)cc65)ccc43)c2)cc1. The number of fused-ring (bicyclic) bond motifs is 17. The molecule has 0 fully saturated rings. The molecule has 17 aromatic rings. The quantitative estimate of drug-likeness (QED) is 0.145. The van der Waals surface area contributed by atoms with Crippen LogP contribution < -0.4 is 0 Å². The number of benzene rings is 14. The van der Waals surface area contributed by atoms with Gasteiger partial charge in [0.1, 0.15) is 0 Å². The van der Waals surface area contributed by atoms with Gasteiger partial charge < -0.3 is 4.57 Å². The molecule has 0 saturated carbocycles. The van der Waals surface area contributed by atoms with Crippen molar-refractivity contribution >= 4 is 43.6 Å². The summed E-state index contributed by atoms with van der Waals surface area (Å²) in [5.41, 5.74) is 28.1. The summed E-state index contributed by atoms with van der Waals surface area (Å²) in [5, 5.41) is 4.60. The first-order valence-corrected chi connectivity index (χ1v) is 31.9. The molecule has 1 spiro atoms. The molecule has 3 aromatic heterocycles. The zero-order valence-corrected chi connectivity index (χ0v) is 50.5. The molecule has 3 heterocycles. The van der Waals surface area contributed by atoms with E-state index in [9.17, 15) is 0 Å². The molecule has 0 radical (unpaired) electrons. The van der Waals surface area contributed by atoms with Crippen molar-refractivity contribution < 1.29 is 0 Å². The first-order chi connectivity index (χ1) is 46.1. The summed E-state index contributed by atoms with van der Waals surface area (Å²) in [4.78, 5) is 16.4.